The SMILES string of the molecule is CCOC(=O)[C@@H]1CCCCN1C(=O)c1cc(NC(C)=O)cc2nc(CC)n(Cc3cccnc3)c12. The fraction of sp³-hybridized carbons (Fsp3) is 0.423. The minimum Gasteiger partial charge on any atom is -0.464 e. The molecule has 2 aromatic heterocycles. The van der Waals surface area contributed by atoms with E-state index in [4.69, 9.17) is 9.72 Å². The summed E-state index contributed by atoms with van der Waals surface area (Å²) in [5.74, 6) is -0.0723. The van der Waals surface area contributed by atoms with Crippen LogP contribution in [0.5, 0.6) is 0 Å². The van der Waals surface area contributed by atoms with Gasteiger partial charge in [0.25, 0.3) is 5.91 Å². The number of nitrogens with one attached hydrogen (secondary N) is 1. The van der Waals surface area contributed by atoms with Crippen molar-refractivity contribution in [2.45, 2.75) is 59.0 Å². The highest BCUT2D eigenvalue weighted by Gasteiger charge is 2.35. The number of fused-ring (bicyclic) bond motifs is 1. The predicted octanol–water partition coefficient (Wildman–Crippen LogP) is 3.56. The van der Waals surface area contributed by atoms with E-state index in [1.165, 1.54) is 6.92 Å². The van der Waals surface area contributed by atoms with E-state index in [0.717, 1.165) is 24.2 Å². The summed E-state index contributed by atoms with van der Waals surface area (Å²) in [7, 11) is 0. The molecule has 1 atom stereocenters. The molecule has 2 amide bonds. The molecule has 0 unspecified atom stereocenters. The van der Waals surface area contributed by atoms with Crippen LogP contribution in [0.4, 0.5) is 5.69 Å². The minimum absolute atomic E-state index is 0.240. The van der Waals surface area contributed by atoms with Crippen LogP contribution < -0.4 is 5.32 Å². The van der Waals surface area contributed by atoms with E-state index in [1.807, 2.05) is 23.6 Å². The Labute approximate surface area is 204 Å². The van der Waals surface area contributed by atoms with E-state index in [9.17, 15) is 14.4 Å². The lowest BCUT2D eigenvalue weighted by Gasteiger charge is -2.34. The normalized spacial score (nSPS) is 15.7. The third-order valence-corrected chi connectivity index (χ3v) is 6.17. The first-order valence-corrected chi connectivity index (χ1v) is 12.1. The summed E-state index contributed by atoms with van der Waals surface area (Å²) in [6.07, 6.45) is 6.40. The molecule has 1 aliphatic heterocycles. The Bertz CT molecular complexity index is 1240. The van der Waals surface area contributed by atoms with Crippen molar-refractivity contribution in [3.8, 4) is 0 Å². The standard InChI is InChI=1S/C26H31N5O4/c1-4-23-29-21-14-19(28-17(3)32)13-20(24(21)31(23)16-18-9-8-11-27-15-18)25(33)30-12-7-6-10-22(30)26(34)35-5-2/h8-9,11,13-15,22H,4-7,10,12,16H2,1-3H3,(H,28,32)/t22-/m0/s1. The molecule has 4 rings (SSSR count). The number of benzene rings is 1. The maximum absolute atomic E-state index is 14.0. The molecule has 184 valence electrons. The number of aromatic nitrogens is 3. The van der Waals surface area contributed by atoms with Crippen molar-refractivity contribution in [1.29, 1.82) is 0 Å². The van der Waals surface area contributed by atoms with Crippen LogP contribution in [0.2, 0.25) is 0 Å². The summed E-state index contributed by atoms with van der Waals surface area (Å²) < 4.78 is 7.30. The number of ether oxygens (including phenoxy) is 1. The molecule has 3 aromatic rings. The summed E-state index contributed by atoms with van der Waals surface area (Å²) in [5, 5.41) is 2.79. The number of nitrogens with zero attached hydrogens (tertiary/aromatic N) is 4. The molecule has 1 saturated heterocycles. The molecule has 0 spiro atoms. The Kier molecular flexibility index (Phi) is 7.43. The fourth-order valence-corrected chi connectivity index (χ4v) is 4.68. The Morgan fingerprint density at radius 3 is 2.71 bits per heavy atom. The molecule has 35 heavy (non-hydrogen) atoms. The maximum atomic E-state index is 14.0. The van der Waals surface area contributed by atoms with Gasteiger partial charge in [0, 0.05) is 38.0 Å². The lowest BCUT2D eigenvalue weighted by atomic mass is 10.00. The molecular weight excluding hydrogens is 446 g/mol. The van der Waals surface area contributed by atoms with Crippen LogP contribution in [0.15, 0.2) is 36.7 Å². The monoisotopic (exact) mass is 477 g/mol. The number of aryl methyl sites for hydroxylation is 1. The largest absolute Gasteiger partial charge is 0.464 e. The Morgan fingerprint density at radius 1 is 1.20 bits per heavy atom. The molecule has 0 radical (unpaired) electrons. The zero-order valence-electron chi connectivity index (χ0n) is 20.4. The molecule has 1 N–H and O–H groups in total. The number of carbonyl (C=O) groups is 3. The van der Waals surface area contributed by atoms with Crippen LogP contribution in [0.3, 0.4) is 0 Å². The Balaban J connectivity index is 1.86. The van der Waals surface area contributed by atoms with Gasteiger partial charge in [-0.1, -0.05) is 13.0 Å². The number of rotatable bonds is 7. The molecule has 0 saturated carbocycles. The van der Waals surface area contributed by atoms with Crippen molar-refractivity contribution >= 4 is 34.5 Å². The number of esters is 1. The molecule has 1 aromatic carbocycles. The number of piperidine rings is 1. The van der Waals surface area contributed by atoms with Gasteiger partial charge in [-0.15, -0.1) is 0 Å². The highest BCUT2D eigenvalue weighted by atomic mass is 16.5. The summed E-state index contributed by atoms with van der Waals surface area (Å²) in [6.45, 7) is 6.41. The second-order valence-corrected chi connectivity index (χ2v) is 8.66. The third kappa shape index (κ3) is 5.18. The second kappa shape index (κ2) is 10.7. The maximum Gasteiger partial charge on any atom is 0.328 e. The number of anilines is 1. The first-order chi connectivity index (χ1) is 16.9. The van der Waals surface area contributed by atoms with Crippen molar-refractivity contribution in [3.63, 3.8) is 0 Å². The summed E-state index contributed by atoms with van der Waals surface area (Å²) in [6, 6.07) is 6.69. The third-order valence-electron chi connectivity index (χ3n) is 6.17. The van der Waals surface area contributed by atoms with Crippen molar-refractivity contribution in [1.82, 2.24) is 19.4 Å². The Morgan fingerprint density at radius 2 is 2.03 bits per heavy atom. The fourth-order valence-electron chi connectivity index (χ4n) is 4.68. The number of imidazole rings is 1. The second-order valence-electron chi connectivity index (χ2n) is 8.66. The zero-order chi connectivity index (χ0) is 24.9. The van der Waals surface area contributed by atoms with Gasteiger partial charge in [0.05, 0.1) is 29.7 Å². The van der Waals surface area contributed by atoms with E-state index < -0.39 is 6.04 Å². The molecule has 1 fully saturated rings. The number of hydrogen-bond donors (Lipinski definition) is 1. The number of hydrogen-bond acceptors (Lipinski definition) is 6. The first-order valence-electron chi connectivity index (χ1n) is 12.1. The molecule has 9 nitrogen and oxygen atoms in total. The van der Waals surface area contributed by atoms with Crippen molar-refractivity contribution in [3.05, 3.63) is 53.6 Å². The van der Waals surface area contributed by atoms with Gasteiger partial charge < -0.3 is 19.5 Å². The summed E-state index contributed by atoms with van der Waals surface area (Å²) in [4.78, 5) is 49.1. The van der Waals surface area contributed by atoms with Crippen LogP contribution in [0.1, 0.15) is 61.8 Å². The molecule has 0 aliphatic carbocycles. The van der Waals surface area contributed by atoms with Gasteiger partial charge in [-0.2, -0.15) is 0 Å². The van der Waals surface area contributed by atoms with Crippen LogP contribution >= 0.6 is 0 Å². The lowest BCUT2D eigenvalue weighted by molar-refractivity contribution is -0.149. The first kappa shape index (κ1) is 24.4. The van der Waals surface area contributed by atoms with E-state index >= 15 is 0 Å². The smallest absolute Gasteiger partial charge is 0.328 e. The van der Waals surface area contributed by atoms with Crippen LogP contribution in [0, 0.1) is 0 Å². The quantitative estimate of drug-likeness (QED) is 0.522. The molecule has 1 aliphatic rings. The zero-order valence-corrected chi connectivity index (χ0v) is 20.4. The van der Waals surface area contributed by atoms with E-state index in [0.29, 0.717) is 48.2 Å². The van der Waals surface area contributed by atoms with Gasteiger partial charge in [0.2, 0.25) is 5.91 Å². The van der Waals surface area contributed by atoms with Gasteiger partial charge in [0.15, 0.2) is 0 Å². The molecule has 9 heteroatoms. The average molecular weight is 478 g/mol. The number of carbonyl (C=O) groups excluding carboxylic acids is 3. The van der Waals surface area contributed by atoms with E-state index in [-0.39, 0.29) is 24.4 Å². The van der Waals surface area contributed by atoms with Gasteiger partial charge >= 0.3 is 5.97 Å². The van der Waals surface area contributed by atoms with Gasteiger partial charge in [-0.25, -0.2) is 9.78 Å². The van der Waals surface area contributed by atoms with Gasteiger partial charge in [-0.3, -0.25) is 14.6 Å². The number of likely N-dealkylation sites (tertiary alicyclic amines) is 1. The molecule has 0 bridgehead atoms. The van der Waals surface area contributed by atoms with Crippen molar-refractivity contribution < 1.29 is 19.1 Å². The van der Waals surface area contributed by atoms with Crippen LogP contribution in [-0.4, -0.2) is 56.4 Å². The highest BCUT2D eigenvalue weighted by molar-refractivity contribution is 6.08. The topological polar surface area (TPSA) is 106 Å². The average Bonchev–Trinajstić information content (AvgIpc) is 3.20. The van der Waals surface area contributed by atoms with Gasteiger partial charge in [-0.05, 0) is 49.9 Å². The van der Waals surface area contributed by atoms with E-state index in [2.05, 4.69) is 10.3 Å². The lowest BCUT2D eigenvalue weighted by Crippen LogP contribution is -2.48. The van der Waals surface area contributed by atoms with Gasteiger partial charge in [0.1, 0.15) is 11.9 Å². The summed E-state index contributed by atoms with van der Waals surface area (Å²) >= 11 is 0. The minimum atomic E-state index is -0.629. The van der Waals surface area contributed by atoms with Crippen LogP contribution in [-0.2, 0) is 27.3 Å². The molecular formula is C26H31N5O4. The van der Waals surface area contributed by atoms with E-state index in [1.54, 1.807) is 36.4 Å². The number of amides is 2. The Hall–Kier alpha value is -3.75. The van der Waals surface area contributed by atoms with Crippen LogP contribution in [0.25, 0.3) is 11.0 Å². The summed E-state index contributed by atoms with van der Waals surface area (Å²) in [5.41, 5.74) is 3.17. The van der Waals surface area contributed by atoms with Crippen molar-refractivity contribution in [2.24, 2.45) is 0 Å². The van der Waals surface area contributed by atoms with Crippen molar-refractivity contribution in [2.75, 3.05) is 18.5 Å². The predicted molar refractivity (Wildman–Crippen MR) is 132 cm³/mol. The highest BCUT2D eigenvalue weighted by Crippen LogP contribution is 2.30. The number of pyridine rings is 1. The molecule has 3 heterocycles.